The maximum absolute atomic E-state index is 12.2. The topological polar surface area (TPSA) is 74.8 Å². The minimum atomic E-state index is -3.81. The van der Waals surface area contributed by atoms with Crippen molar-refractivity contribution in [1.82, 2.24) is 4.90 Å². The van der Waals surface area contributed by atoms with E-state index in [0.717, 1.165) is 0 Å². The van der Waals surface area contributed by atoms with Gasteiger partial charge in [-0.15, -0.1) is 0 Å². The van der Waals surface area contributed by atoms with Crippen molar-refractivity contribution in [3.63, 3.8) is 0 Å². The first-order valence-corrected chi connectivity index (χ1v) is 8.63. The Morgan fingerprint density at radius 3 is 2.48 bits per heavy atom. The van der Waals surface area contributed by atoms with E-state index in [0.29, 0.717) is 11.3 Å². The van der Waals surface area contributed by atoms with Crippen LogP contribution in [0.5, 0.6) is 0 Å². The van der Waals surface area contributed by atoms with E-state index in [4.69, 9.17) is 10.7 Å². The smallest absolute Gasteiger partial charge is 0.255 e. The molecule has 8 heteroatoms. The summed E-state index contributed by atoms with van der Waals surface area (Å²) in [6.45, 7) is -0.0393. The highest BCUT2D eigenvalue weighted by Gasteiger charge is 2.39. The van der Waals surface area contributed by atoms with Gasteiger partial charge >= 0.3 is 0 Å². The van der Waals surface area contributed by atoms with Crippen LogP contribution in [0.4, 0.5) is 5.69 Å². The van der Waals surface area contributed by atoms with Crippen LogP contribution in [0, 0.1) is 0 Å². The Labute approximate surface area is 127 Å². The molecule has 21 heavy (non-hydrogen) atoms. The predicted molar refractivity (Wildman–Crippen MR) is 80.0 cm³/mol. The molecule has 1 aliphatic rings. The largest absolute Gasteiger partial charge is 0.345 e. The lowest BCUT2D eigenvalue weighted by atomic mass is 10.1. The van der Waals surface area contributed by atoms with Crippen LogP contribution in [0.1, 0.15) is 16.8 Å². The number of benzene rings is 1. The second-order valence-corrected chi connectivity index (χ2v) is 7.93. The summed E-state index contributed by atoms with van der Waals surface area (Å²) < 4.78 is 22.8. The summed E-state index contributed by atoms with van der Waals surface area (Å²) in [7, 11) is 4.73. The van der Waals surface area contributed by atoms with E-state index in [2.05, 4.69) is 0 Å². The zero-order valence-electron chi connectivity index (χ0n) is 11.6. The lowest BCUT2D eigenvalue weighted by Gasteiger charge is -2.21. The Morgan fingerprint density at radius 1 is 1.33 bits per heavy atom. The summed E-state index contributed by atoms with van der Waals surface area (Å²) in [4.78, 5) is 26.9. The molecular weight excluding hydrogens is 316 g/mol. The first-order valence-electron chi connectivity index (χ1n) is 6.26. The number of amides is 2. The van der Waals surface area contributed by atoms with Crippen LogP contribution < -0.4 is 4.90 Å². The molecule has 2 amide bonds. The van der Waals surface area contributed by atoms with E-state index in [9.17, 15) is 18.0 Å². The summed E-state index contributed by atoms with van der Waals surface area (Å²) in [5.74, 6) is -0.612. The normalized spacial score (nSPS) is 18.9. The summed E-state index contributed by atoms with van der Waals surface area (Å²) in [5, 5.41) is -0.950. The van der Waals surface area contributed by atoms with Gasteiger partial charge in [0.2, 0.25) is 15.0 Å². The number of carbonyl (C=O) groups is 2. The lowest BCUT2D eigenvalue weighted by molar-refractivity contribution is -0.117. The third-order valence-electron chi connectivity index (χ3n) is 3.32. The summed E-state index contributed by atoms with van der Waals surface area (Å²) in [5.41, 5.74) is 0.757. The number of carbonyl (C=O) groups excluding carboxylic acids is 2. The molecular formula is C13H15ClN2O4S. The van der Waals surface area contributed by atoms with Crippen LogP contribution in [0.3, 0.4) is 0 Å². The number of halogens is 1. The first-order chi connectivity index (χ1) is 9.71. The molecule has 0 spiro atoms. The van der Waals surface area contributed by atoms with Crippen LogP contribution in [0.25, 0.3) is 0 Å². The maximum atomic E-state index is 12.2. The third-order valence-corrected chi connectivity index (χ3v) is 5.19. The van der Waals surface area contributed by atoms with Gasteiger partial charge in [-0.25, -0.2) is 8.42 Å². The van der Waals surface area contributed by atoms with Gasteiger partial charge in [0.25, 0.3) is 5.91 Å². The third kappa shape index (κ3) is 3.19. The standard InChI is InChI=1S/C13H15ClN2O4S/c1-15(2)13(18)10-5-3-4-6-11(10)16-8-9(7-12(16)17)21(14,19)20/h3-6,9H,7-8H2,1-2H3. The maximum Gasteiger partial charge on any atom is 0.255 e. The fraction of sp³-hybridized carbons (Fsp3) is 0.385. The molecule has 0 radical (unpaired) electrons. The Bertz CT molecular complexity index is 687. The monoisotopic (exact) mass is 330 g/mol. The van der Waals surface area contributed by atoms with Crippen molar-refractivity contribution in [1.29, 1.82) is 0 Å². The SMILES string of the molecule is CN(C)C(=O)c1ccccc1N1CC(S(=O)(=O)Cl)CC1=O. The van der Waals surface area contributed by atoms with Gasteiger partial charge < -0.3 is 9.80 Å². The molecule has 1 atom stereocenters. The lowest BCUT2D eigenvalue weighted by Crippen LogP contribution is -2.30. The summed E-state index contributed by atoms with van der Waals surface area (Å²) >= 11 is 0. The van der Waals surface area contributed by atoms with Crippen molar-refractivity contribution in [3.8, 4) is 0 Å². The summed E-state index contributed by atoms with van der Waals surface area (Å²) in [6, 6.07) is 6.61. The van der Waals surface area contributed by atoms with Crippen molar-refractivity contribution < 1.29 is 18.0 Å². The molecule has 1 unspecified atom stereocenters. The minimum Gasteiger partial charge on any atom is -0.345 e. The van der Waals surface area contributed by atoms with Crippen molar-refractivity contribution >= 4 is 37.2 Å². The van der Waals surface area contributed by atoms with E-state index in [1.807, 2.05) is 0 Å². The highest BCUT2D eigenvalue weighted by molar-refractivity contribution is 8.14. The molecule has 1 saturated heterocycles. The van der Waals surface area contributed by atoms with Crippen molar-refractivity contribution in [3.05, 3.63) is 29.8 Å². The molecule has 1 aromatic rings. The number of para-hydroxylation sites is 1. The minimum absolute atomic E-state index is 0.0393. The second kappa shape index (κ2) is 5.65. The molecule has 114 valence electrons. The molecule has 6 nitrogen and oxygen atoms in total. The molecule has 0 aromatic heterocycles. The van der Waals surface area contributed by atoms with Crippen LogP contribution in [-0.2, 0) is 13.8 Å². The molecule has 1 aliphatic heterocycles. The van der Waals surface area contributed by atoms with Crippen molar-refractivity contribution in [2.75, 3.05) is 25.5 Å². The molecule has 0 aliphatic carbocycles. The van der Waals surface area contributed by atoms with E-state index >= 15 is 0 Å². The second-order valence-electron chi connectivity index (χ2n) is 5.02. The molecule has 1 fully saturated rings. The van der Waals surface area contributed by atoms with Crippen LogP contribution in [0.2, 0.25) is 0 Å². The number of hydrogen-bond donors (Lipinski definition) is 0. The van der Waals surface area contributed by atoms with Crippen LogP contribution in [0.15, 0.2) is 24.3 Å². The Hall–Kier alpha value is -1.60. The quantitative estimate of drug-likeness (QED) is 0.777. The van der Waals surface area contributed by atoms with Gasteiger partial charge in [-0.2, -0.15) is 0 Å². The predicted octanol–water partition coefficient (Wildman–Crippen LogP) is 1.06. The van der Waals surface area contributed by atoms with Gasteiger partial charge in [0.1, 0.15) is 5.25 Å². The molecule has 2 rings (SSSR count). The Balaban J connectivity index is 2.40. The van der Waals surface area contributed by atoms with E-state index < -0.39 is 14.3 Å². The van der Waals surface area contributed by atoms with Gasteiger partial charge in [-0.3, -0.25) is 9.59 Å². The van der Waals surface area contributed by atoms with E-state index in [1.165, 1.54) is 9.80 Å². The van der Waals surface area contributed by atoms with E-state index in [-0.39, 0.29) is 24.8 Å². The highest BCUT2D eigenvalue weighted by Crippen LogP contribution is 2.29. The van der Waals surface area contributed by atoms with Gasteiger partial charge in [-0.05, 0) is 12.1 Å². The van der Waals surface area contributed by atoms with Crippen molar-refractivity contribution in [2.24, 2.45) is 0 Å². The molecule has 0 N–H and O–H groups in total. The molecule has 0 saturated carbocycles. The van der Waals surface area contributed by atoms with E-state index in [1.54, 1.807) is 38.4 Å². The van der Waals surface area contributed by atoms with Gasteiger partial charge in [0, 0.05) is 37.7 Å². The van der Waals surface area contributed by atoms with Gasteiger partial charge in [0.05, 0.1) is 11.3 Å². The molecule has 0 bridgehead atoms. The Kier molecular flexibility index (Phi) is 4.25. The van der Waals surface area contributed by atoms with Crippen LogP contribution in [-0.4, -0.2) is 51.0 Å². The van der Waals surface area contributed by atoms with Crippen molar-refractivity contribution in [2.45, 2.75) is 11.7 Å². The number of nitrogens with zero attached hydrogens (tertiary/aromatic N) is 2. The fourth-order valence-electron chi connectivity index (χ4n) is 2.23. The molecule has 1 aromatic carbocycles. The highest BCUT2D eigenvalue weighted by atomic mass is 35.7. The van der Waals surface area contributed by atoms with Crippen LogP contribution >= 0.6 is 10.7 Å². The number of hydrogen-bond acceptors (Lipinski definition) is 4. The first kappa shape index (κ1) is 15.8. The summed E-state index contributed by atoms with van der Waals surface area (Å²) in [6.07, 6.45) is -0.170. The molecule has 1 heterocycles. The average molecular weight is 331 g/mol. The number of anilines is 1. The zero-order valence-corrected chi connectivity index (χ0v) is 13.2. The zero-order chi connectivity index (χ0) is 15.8. The number of rotatable bonds is 3. The Morgan fingerprint density at radius 2 is 1.95 bits per heavy atom. The van der Waals surface area contributed by atoms with Gasteiger partial charge in [-0.1, -0.05) is 12.1 Å². The van der Waals surface area contributed by atoms with Gasteiger partial charge in [0.15, 0.2) is 0 Å². The fourth-order valence-corrected chi connectivity index (χ4v) is 3.25. The average Bonchev–Trinajstić information content (AvgIpc) is 2.79.